The van der Waals surface area contributed by atoms with E-state index in [1.54, 1.807) is 18.6 Å². The van der Waals surface area contributed by atoms with Gasteiger partial charge in [-0.15, -0.1) is 0 Å². The molecule has 0 aliphatic heterocycles. The molecule has 1 aromatic rings. The van der Waals surface area contributed by atoms with Crippen LogP contribution in [0.25, 0.3) is 0 Å². The lowest BCUT2D eigenvalue weighted by Crippen LogP contribution is -2.19. The molecule has 3 heteroatoms. The highest BCUT2D eigenvalue weighted by molar-refractivity contribution is 5.73. The van der Waals surface area contributed by atoms with Crippen LogP contribution in [0.2, 0.25) is 0 Å². The zero-order valence-corrected chi connectivity index (χ0v) is 6.76. The van der Waals surface area contributed by atoms with Gasteiger partial charge >= 0.3 is 0 Å². The fourth-order valence-electron chi connectivity index (χ4n) is 0.651. The van der Waals surface area contributed by atoms with Crippen molar-refractivity contribution in [3.8, 4) is 11.8 Å². The zero-order chi connectivity index (χ0) is 8.81. The maximum absolute atomic E-state index is 10.4. The number of nitrogens with one attached hydrogen (secondary N) is 1. The minimum Gasteiger partial charge on any atom is -0.471 e. The van der Waals surface area contributed by atoms with Gasteiger partial charge in [0, 0.05) is 6.92 Å². The van der Waals surface area contributed by atoms with E-state index >= 15 is 0 Å². The van der Waals surface area contributed by atoms with E-state index in [1.165, 1.54) is 6.92 Å². The van der Waals surface area contributed by atoms with Crippen molar-refractivity contribution in [1.82, 2.24) is 5.32 Å². The molecule has 62 valence electrons. The Kier molecular flexibility index (Phi) is 2.97. The normalized spacial score (nSPS) is 8.42. The van der Waals surface area contributed by atoms with Crippen molar-refractivity contribution >= 4 is 5.91 Å². The molecule has 0 aromatic carbocycles. The van der Waals surface area contributed by atoms with Crippen LogP contribution < -0.4 is 5.32 Å². The summed E-state index contributed by atoms with van der Waals surface area (Å²) in [7, 11) is 0. The smallest absolute Gasteiger partial charge is 0.217 e. The van der Waals surface area contributed by atoms with Gasteiger partial charge < -0.3 is 9.73 Å². The first-order valence-electron chi connectivity index (χ1n) is 3.54. The van der Waals surface area contributed by atoms with Crippen molar-refractivity contribution < 1.29 is 9.21 Å². The van der Waals surface area contributed by atoms with Crippen LogP contribution in [0.1, 0.15) is 12.5 Å². The third-order valence-electron chi connectivity index (χ3n) is 1.18. The van der Waals surface area contributed by atoms with Crippen molar-refractivity contribution in [3.05, 3.63) is 24.2 Å². The number of amides is 1. The van der Waals surface area contributed by atoms with Gasteiger partial charge in [-0.25, -0.2) is 0 Å². The Morgan fingerprint density at radius 3 is 3.17 bits per heavy atom. The molecule has 0 aliphatic rings. The molecule has 1 N–H and O–H groups in total. The molecule has 0 unspecified atom stereocenters. The summed E-state index contributed by atoms with van der Waals surface area (Å²) >= 11 is 0. The zero-order valence-electron chi connectivity index (χ0n) is 6.76. The largest absolute Gasteiger partial charge is 0.471 e. The number of carbonyl (C=O) groups is 1. The average molecular weight is 163 g/mol. The van der Waals surface area contributed by atoms with Crippen molar-refractivity contribution in [1.29, 1.82) is 0 Å². The van der Waals surface area contributed by atoms with E-state index in [9.17, 15) is 4.79 Å². The molecule has 0 aliphatic carbocycles. The molecule has 1 rings (SSSR count). The predicted octanol–water partition coefficient (Wildman–Crippen LogP) is 0.767. The highest BCUT2D eigenvalue weighted by Gasteiger charge is 1.86. The summed E-state index contributed by atoms with van der Waals surface area (Å²) < 4.78 is 4.80. The number of hydrogen-bond donors (Lipinski definition) is 1. The molecule has 0 saturated carbocycles. The summed E-state index contributed by atoms with van der Waals surface area (Å²) in [5.41, 5.74) is 0.820. The van der Waals surface area contributed by atoms with Crippen LogP contribution >= 0.6 is 0 Å². The fourth-order valence-corrected chi connectivity index (χ4v) is 0.651. The van der Waals surface area contributed by atoms with Crippen LogP contribution in [0.3, 0.4) is 0 Å². The molecule has 1 amide bonds. The molecule has 3 nitrogen and oxygen atoms in total. The fraction of sp³-hybridized carbons (Fsp3) is 0.222. The Morgan fingerprint density at radius 1 is 1.75 bits per heavy atom. The van der Waals surface area contributed by atoms with Gasteiger partial charge in [-0.3, -0.25) is 4.79 Å². The second-order valence-electron chi connectivity index (χ2n) is 2.22. The molecule has 0 radical (unpaired) electrons. The SMILES string of the molecule is CC(=O)NCC#Cc1ccoc1. The first kappa shape index (κ1) is 8.41. The minimum atomic E-state index is -0.0727. The maximum atomic E-state index is 10.4. The Balaban J connectivity index is 2.35. The van der Waals surface area contributed by atoms with Crippen molar-refractivity contribution in [3.63, 3.8) is 0 Å². The number of rotatable bonds is 1. The second kappa shape index (κ2) is 4.24. The summed E-state index contributed by atoms with van der Waals surface area (Å²) in [4.78, 5) is 10.4. The van der Waals surface area contributed by atoms with Crippen LogP contribution in [-0.2, 0) is 4.79 Å². The highest BCUT2D eigenvalue weighted by Crippen LogP contribution is 1.95. The molecule has 0 bridgehead atoms. The highest BCUT2D eigenvalue weighted by atomic mass is 16.3. The summed E-state index contributed by atoms with van der Waals surface area (Å²) in [5, 5.41) is 2.56. The van der Waals surface area contributed by atoms with E-state index in [-0.39, 0.29) is 5.91 Å². The lowest BCUT2D eigenvalue weighted by molar-refractivity contribution is -0.118. The number of carbonyl (C=O) groups excluding carboxylic acids is 1. The Labute approximate surface area is 70.8 Å². The van der Waals surface area contributed by atoms with Gasteiger partial charge in [0.1, 0.15) is 6.26 Å². The third-order valence-corrected chi connectivity index (χ3v) is 1.18. The van der Waals surface area contributed by atoms with Crippen LogP contribution in [0, 0.1) is 11.8 Å². The Hall–Kier alpha value is -1.69. The monoisotopic (exact) mass is 163 g/mol. The van der Waals surface area contributed by atoms with Gasteiger partial charge in [0.05, 0.1) is 18.4 Å². The summed E-state index contributed by atoms with van der Waals surface area (Å²) in [5.74, 6) is 5.53. The van der Waals surface area contributed by atoms with Gasteiger partial charge in [0.15, 0.2) is 0 Å². The van der Waals surface area contributed by atoms with Gasteiger partial charge in [-0.1, -0.05) is 11.8 Å². The molecular formula is C9H9NO2. The van der Waals surface area contributed by atoms with Gasteiger partial charge in [0.25, 0.3) is 0 Å². The molecule has 0 fully saturated rings. The predicted molar refractivity (Wildman–Crippen MR) is 44.3 cm³/mol. The van der Waals surface area contributed by atoms with E-state index in [2.05, 4.69) is 17.2 Å². The van der Waals surface area contributed by atoms with Crippen LogP contribution in [0.4, 0.5) is 0 Å². The third kappa shape index (κ3) is 2.93. The van der Waals surface area contributed by atoms with E-state index in [0.717, 1.165) is 5.56 Å². The Bertz CT molecular complexity index is 303. The lowest BCUT2D eigenvalue weighted by atomic mass is 10.3. The van der Waals surface area contributed by atoms with Crippen LogP contribution in [0.15, 0.2) is 23.0 Å². The summed E-state index contributed by atoms with van der Waals surface area (Å²) in [6.07, 6.45) is 3.11. The Morgan fingerprint density at radius 2 is 2.58 bits per heavy atom. The number of hydrogen-bond acceptors (Lipinski definition) is 2. The van der Waals surface area contributed by atoms with E-state index < -0.39 is 0 Å². The maximum Gasteiger partial charge on any atom is 0.217 e. The van der Waals surface area contributed by atoms with E-state index in [4.69, 9.17) is 4.42 Å². The molecule has 1 aromatic heterocycles. The molecule has 0 spiro atoms. The van der Waals surface area contributed by atoms with Crippen molar-refractivity contribution in [2.75, 3.05) is 6.54 Å². The first-order valence-corrected chi connectivity index (χ1v) is 3.54. The average Bonchev–Trinajstić information content (AvgIpc) is 2.49. The molecule has 0 saturated heterocycles. The quantitative estimate of drug-likeness (QED) is 0.621. The van der Waals surface area contributed by atoms with Crippen LogP contribution in [-0.4, -0.2) is 12.5 Å². The lowest BCUT2D eigenvalue weighted by Gasteiger charge is -1.89. The van der Waals surface area contributed by atoms with Gasteiger partial charge in [-0.05, 0) is 6.07 Å². The first-order chi connectivity index (χ1) is 5.79. The molecule has 12 heavy (non-hydrogen) atoms. The number of furan rings is 1. The molecular weight excluding hydrogens is 154 g/mol. The molecule has 1 heterocycles. The molecule has 0 atom stereocenters. The van der Waals surface area contributed by atoms with Crippen molar-refractivity contribution in [2.45, 2.75) is 6.92 Å². The summed E-state index contributed by atoms with van der Waals surface area (Å²) in [6.45, 7) is 1.83. The van der Waals surface area contributed by atoms with Gasteiger partial charge in [0.2, 0.25) is 5.91 Å². The second-order valence-corrected chi connectivity index (χ2v) is 2.22. The standard InChI is InChI=1S/C9H9NO2/c1-8(11)10-5-2-3-9-4-6-12-7-9/h4,6-7H,5H2,1H3,(H,10,11). The topological polar surface area (TPSA) is 42.2 Å². The van der Waals surface area contributed by atoms with Crippen LogP contribution in [0.5, 0.6) is 0 Å². The summed E-state index contributed by atoms with van der Waals surface area (Å²) in [6, 6.07) is 1.76. The van der Waals surface area contributed by atoms with Gasteiger partial charge in [-0.2, -0.15) is 0 Å². The van der Waals surface area contributed by atoms with E-state index in [1.807, 2.05) is 0 Å². The minimum absolute atomic E-state index is 0.0727. The van der Waals surface area contributed by atoms with E-state index in [0.29, 0.717) is 6.54 Å². The van der Waals surface area contributed by atoms with Crippen molar-refractivity contribution in [2.24, 2.45) is 0 Å².